The fourth-order valence-electron chi connectivity index (χ4n) is 1.52. The smallest absolute Gasteiger partial charge is 0.0275 e. The van der Waals surface area contributed by atoms with E-state index in [0.717, 1.165) is 0 Å². The van der Waals surface area contributed by atoms with Crippen LogP contribution in [0.15, 0.2) is 18.2 Å². The molecule has 1 rings (SSSR count). The predicted molar refractivity (Wildman–Crippen MR) is 66.1 cm³/mol. The maximum Gasteiger partial charge on any atom is -0.0275 e. The second-order valence-electron chi connectivity index (χ2n) is 3.39. The van der Waals surface area contributed by atoms with Crippen molar-refractivity contribution in [3.8, 4) is 0 Å². The summed E-state index contributed by atoms with van der Waals surface area (Å²) >= 11 is 0. The largest absolute Gasteiger partial charge is 0.147 e. The van der Waals surface area contributed by atoms with Crippen molar-refractivity contribution in [1.82, 2.24) is 0 Å². The molecular formula is C11H18ClP. The van der Waals surface area contributed by atoms with Crippen molar-refractivity contribution in [3.63, 3.8) is 0 Å². The molecule has 74 valence electrons. The van der Waals surface area contributed by atoms with E-state index in [0.29, 0.717) is 0 Å². The molecule has 0 radical (unpaired) electrons. The normalized spacial score (nSPS) is 9.46. The number of hydrogen-bond acceptors (Lipinski definition) is 0. The Morgan fingerprint density at radius 3 is 2.08 bits per heavy atom. The molecular weight excluding hydrogens is 199 g/mol. The lowest BCUT2D eigenvalue weighted by Gasteiger charge is -2.03. The van der Waals surface area contributed by atoms with Gasteiger partial charge in [-0.2, -0.15) is 0 Å². The minimum Gasteiger partial charge on any atom is -0.147 e. The van der Waals surface area contributed by atoms with Gasteiger partial charge in [-0.3, -0.25) is 0 Å². The zero-order valence-corrected chi connectivity index (χ0v) is 10.3. The predicted octanol–water partition coefficient (Wildman–Crippen LogP) is 3.53. The highest BCUT2D eigenvalue weighted by Gasteiger charge is 1.94. The topological polar surface area (TPSA) is 0 Å². The fourth-order valence-corrected chi connectivity index (χ4v) is 1.72. The first-order chi connectivity index (χ1) is 5.72. The van der Waals surface area contributed by atoms with Gasteiger partial charge >= 0.3 is 0 Å². The molecule has 1 unspecified atom stereocenters. The van der Waals surface area contributed by atoms with Gasteiger partial charge in [0.1, 0.15) is 0 Å². The third-order valence-electron chi connectivity index (χ3n) is 1.95. The average Bonchev–Trinajstić information content (AvgIpc) is 1.99. The zero-order chi connectivity index (χ0) is 8.97. The summed E-state index contributed by atoms with van der Waals surface area (Å²) in [5, 5.41) is 0. The molecule has 0 amide bonds. The first-order valence-electron chi connectivity index (χ1n) is 4.49. The van der Waals surface area contributed by atoms with Gasteiger partial charge in [-0.15, -0.1) is 21.6 Å². The van der Waals surface area contributed by atoms with E-state index in [-0.39, 0.29) is 12.4 Å². The van der Waals surface area contributed by atoms with E-state index in [4.69, 9.17) is 0 Å². The van der Waals surface area contributed by atoms with Crippen LogP contribution in [0, 0.1) is 13.8 Å². The minimum atomic E-state index is 0. The number of hydrogen-bond donors (Lipinski definition) is 0. The van der Waals surface area contributed by atoms with Gasteiger partial charge in [-0.05, 0) is 38.4 Å². The summed E-state index contributed by atoms with van der Waals surface area (Å²) in [6.45, 7) is 4.33. The van der Waals surface area contributed by atoms with Gasteiger partial charge in [0.15, 0.2) is 0 Å². The Morgan fingerprint density at radius 2 is 1.62 bits per heavy atom. The summed E-state index contributed by atoms with van der Waals surface area (Å²) in [5.74, 6) is 0. The quantitative estimate of drug-likeness (QED) is 0.678. The molecule has 0 nitrogen and oxygen atoms in total. The molecule has 1 aromatic carbocycles. The monoisotopic (exact) mass is 216 g/mol. The van der Waals surface area contributed by atoms with Crippen molar-refractivity contribution in [2.75, 3.05) is 6.16 Å². The molecule has 0 spiro atoms. The van der Waals surface area contributed by atoms with Crippen LogP contribution in [0.2, 0.25) is 0 Å². The van der Waals surface area contributed by atoms with Gasteiger partial charge in [0.2, 0.25) is 0 Å². The third-order valence-corrected chi connectivity index (χ3v) is 2.36. The minimum absolute atomic E-state index is 0. The average molecular weight is 217 g/mol. The van der Waals surface area contributed by atoms with Gasteiger partial charge in [-0.1, -0.05) is 29.3 Å². The maximum atomic E-state index is 2.77. The molecule has 0 aliphatic rings. The summed E-state index contributed by atoms with van der Waals surface area (Å²) in [4.78, 5) is 0. The Morgan fingerprint density at radius 1 is 1.08 bits per heavy atom. The Bertz CT molecular complexity index is 238. The van der Waals surface area contributed by atoms with Crippen LogP contribution in [0.25, 0.3) is 0 Å². The molecule has 2 heteroatoms. The van der Waals surface area contributed by atoms with Gasteiger partial charge in [0, 0.05) is 0 Å². The Labute approximate surface area is 89.7 Å². The first kappa shape index (κ1) is 12.9. The molecule has 1 atom stereocenters. The van der Waals surface area contributed by atoms with E-state index in [1.807, 2.05) is 0 Å². The molecule has 0 aliphatic heterocycles. The third kappa shape index (κ3) is 4.64. The number of benzene rings is 1. The SMILES string of the molecule is Cc1cc(C)cc(CCCP)c1.Cl. The Kier molecular flexibility index (Phi) is 6.37. The van der Waals surface area contributed by atoms with Gasteiger partial charge in [0.25, 0.3) is 0 Å². The lowest BCUT2D eigenvalue weighted by molar-refractivity contribution is 0.930. The molecule has 0 saturated carbocycles. The lowest BCUT2D eigenvalue weighted by atomic mass is 10.0. The standard InChI is InChI=1S/C11H17P.ClH/c1-9-6-10(2)8-11(7-9)4-3-5-12;/h6-8H,3-5,12H2,1-2H3;1H. The van der Waals surface area contributed by atoms with Crippen molar-refractivity contribution in [3.05, 3.63) is 34.9 Å². The van der Waals surface area contributed by atoms with E-state index < -0.39 is 0 Å². The van der Waals surface area contributed by atoms with Crippen LogP contribution in [0.1, 0.15) is 23.1 Å². The highest BCUT2D eigenvalue weighted by molar-refractivity contribution is 7.16. The van der Waals surface area contributed by atoms with Crippen LogP contribution in [0.5, 0.6) is 0 Å². The van der Waals surface area contributed by atoms with E-state index in [1.54, 1.807) is 0 Å². The molecule has 0 saturated heterocycles. The lowest BCUT2D eigenvalue weighted by Crippen LogP contribution is -1.88. The summed E-state index contributed by atoms with van der Waals surface area (Å²) in [6.07, 6.45) is 3.69. The summed E-state index contributed by atoms with van der Waals surface area (Å²) < 4.78 is 0. The summed E-state index contributed by atoms with van der Waals surface area (Å²) in [5.41, 5.74) is 4.25. The number of aryl methyl sites for hydroxylation is 3. The zero-order valence-electron chi connectivity index (χ0n) is 8.34. The molecule has 0 fully saturated rings. The van der Waals surface area contributed by atoms with Gasteiger partial charge < -0.3 is 0 Å². The molecule has 0 heterocycles. The van der Waals surface area contributed by atoms with E-state index in [1.165, 1.54) is 35.7 Å². The summed E-state index contributed by atoms with van der Waals surface area (Å²) in [6, 6.07) is 6.80. The molecule has 0 bridgehead atoms. The van der Waals surface area contributed by atoms with E-state index in [9.17, 15) is 0 Å². The van der Waals surface area contributed by atoms with Crippen molar-refractivity contribution in [2.45, 2.75) is 26.7 Å². The fraction of sp³-hybridized carbons (Fsp3) is 0.455. The summed E-state index contributed by atoms with van der Waals surface area (Å²) in [7, 11) is 2.77. The van der Waals surface area contributed by atoms with Gasteiger partial charge in [0.05, 0.1) is 0 Å². The second kappa shape index (κ2) is 6.40. The molecule has 13 heavy (non-hydrogen) atoms. The highest BCUT2D eigenvalue weighted by atomic mass is 35.5. The van der Waals surface area contributed by atoms with E-state index >= 15 is 0 Å². The Hall–Kier alpha value is -0.0600. The van der Waals surface area contributed by atoms with Crippen LogP contribution in [0.3, 0.4) is 0 Å². The van der Waals surface area contributed by atoms with Crippen molar-refractivity contribution >= 4 is 21.6 Å². The maximum absolute atomic E-state index is 2.77. The number of rotatable bonds is 3. The molecule has 0 aliphatic carbocycles. The van der Waals surface area contributed by atoms with E-state index in [2.05, 4.69) is 41.3 Å². The molecule has 0 aromatic heterocycles. The van der Waals surface area contributed by atoms with Crippen molar-refractivity contribution < 1.29 is 0 Å². The van der Waals surface area contributed by atoms with Crippen LogP contribution in [-0.2, 0) is 6.42 Å². The van der Waals surface area contributed by atoms with Crippen LogP contribution >= 0.6 is 21.6 Å². The van der Waals surface area contributed by atoms with Crippen LogP contribution < -0.4 is 0 Å². The van der Waals surface area contributed by atoms with Crippen molar-refractivity contribution in [1.29, 1.82) is 0 Å². The van der Waals surface area contributed by atoms with Crippen LogP contribution in [0.4, 0.5) is 0 Å². The molecule has 1 aromatic rings. The Balaban J connectivity index is 0.00000144. The first-order valence-corrected chi connectivity index (χ1v) is 5.31. The molecule has 0 N–H and O–H groups in total. The van der Waals surface area contributed by atoms with Crippen molar-refractivity contribution in [2.24, 2.45) is 0 Å². The highest BCUT2D eigenvalue weighted by Crippen LogP contribution is 2.11. The van der Waals surface area contributed by atoms with Gasteiger partial charge in [-0.25, -0.2) is 0 Å². The second-order valence-corrected chi connectivity index (χ2v) is 3.97. The number of halogens is 1. The van der Waals surface area contributed by atoms with Crippen LogP contribution in [-0.4, -0.2) is 6.16 Å².